The molecule has 1 saturated carbocycles. The van der Waals surface area contributed by atoms with Gasteiger partial charge >= 0.3 is 0 Å². The van der Waals surface area contributed by atoms with E-state index >= 15 is 0 Å². The van der Waals surface area contributed by atoms with E-state index in [9.17, 15) is 5.11 Å². The second-order valence-corrected chi connectivity index (χ2v) is 5.04. The summed E-state index contributed by atoms with van der Waals surface area (Å²) in [5, 5.41) is 9.62. The van der Waals surface area contributed by atoms with Crippen molar-refractivity contribution in [3.05, 3.63) is 23.3 Å². The summed E-state index contributed by atoms with van der Waals surface area (Å²) in [6, 6.07) is 0. The summed E-state index contributed by atoms with van der Waals surface area (Å²) in [5.41, 5.74) is 1.35. The molecule has 4 heteroatoms. The maximum atomic E-state index is 9.62. The first-order valence-electron chi connectivity index (χ1n) is 6.75. The van der Waals surface area contributed by atoms with Gasteiger partial charge in [0.1, 0.15) is 5.60 Å². The van der Waals surface area contributed by atoms with Crippen molar-refractivity contribution in [3.8, 4) is 0 Å². The number of hydrogen-bond acceptors (Lipinski definition) is 4. The molecule has 0 spiro atoms. The van der Waals surface area contributed by atoms with Gasteiger partial charge in [0, 0.05) is 24.1 Å². The van der Waals surface area contributed by atoms with Crippen LogP contribution in [0.4, 0.5) is 0 Å². The van der Waals surface area contributed by atoms with E-state index in [4.69, 9.17) is 4.74 Å². The topological polar surface area (TPSA) is 55.2 Å². The fourth-order valence-electron chi connectivity index (χ4n) is 2.76. The zero-order chi connectivity index (χ0) is 13.2. The van der Waals surface area contributed by atoms with E-state index in [0.29, 0.717) is 6.61 Å². The quantitative estimate of drug-likeness (QED) is 0.892. The third-order valence-electron chi connectivity index (χ3n) is 3.71. The van der Waals surface area contributed by atoms with Crippen molar-refractivity contribution < 1.29 is 9.84 Å². The van der Waals surface area contributed by atoms with Crippen molar-refractivity contribution in [1.82, 2.24) is 9.97 Å². The normalized spacial score (nSPS) is 20.0. The molecule has 1 atom stereocenters. The van der Waals surface area contributed by atoms with Gasteiger partial charge in [0.05, 0.1) is 6.10 Å². The molecule has 0 aliphatic heterocycles. The van der Waals surface area contributed by atoms with Gasteiger partial charge in [-0.05, 0) is 46.5 Å². The smallest absolute Gasteiger partial charge is 0.160 e. The van der Waals surface area contributed by atoms with Crippen LogP contribution in [-0.2, 0) is 10.3 Å². The number of aryl methyl sites for hydroxylation is 1. The number of aliphatic hydroxyl groups excluding tert-OH is 1. The molecule has 0 amide bonds. The van der Waals surface area contributed by atoms with Gasteiger partial charge in [-0.2, -0.15) is 0 Å². The standard InChI is InChI=1S/C14H22N2O2/c1-4-18-14(7-5-6-8-14)13-15-9-12(11(3)17)10(2)16-13/h9,11,17H,4-8H2,1-3H3/t11-/m0/s1. The summed E-state index contributed by atoms with van der Waals surface area (Å²) in [4.78, 5) is 9.01. The van der Waals surface area contributed by atoms with E-state index < -0.39 is 6.10 Å². The van der Waals surface area contributed by atoms with Crippen molar-refractivity contribution in [2.24, 2.45) is 0 Å². The van der Waals surface area contributed by atoms with Gasteiger partial charge in [-0.3, -0.25) is 0 Å². The van der Waals surface area contributed by atoms with Crippen LogP contribution < -0.4 is 0 Å². The first kappa shape index (κ1) is 13.4. The molecule has 1 aliphatic carbocycles. The lowest BCUT2D eigenvalue weighted by atomic mass is 10.00. The van der Waals surface area contributed by atoms with Crippen LogP contribution in [0.25, 0.3) is 0 Å². The lowest BCUT2D eigenvalue weighted by molar-refractivity contribution is -0.0459. The zero-order valence-electron chi connectivity index (χ0n) is 11.4. The predicted octanol–water partition coefficient (Wildman–Crippen LogP) is 2.64. The van der Waals surface area contributed by atoms with Crippen LogP contribution >= 0.6 is 0 Å². The van der Waals surface area contributed by atoms with Crippen LogP contribution in [0.3, 0.4) is 0 Å². The highest BCUT2D eigenvalue weighted by Gasteiger charge is 2.39. The highest BCUT2D eigenvalue weighted by molar-refractivity contribution is 5.20. The van der Waals surface area contributed by atoms with E-state index in [-0.39, 0.29) is 5.60 Å². The molecule has 1 aromatic rings. The van der Waals surface area contributed by atoms with Crippen LogP contribution in [0.5, 0.6) is 0 Å². The SMILES string of the molecule is CCOC1(c2ncc([C@H](C)O)c(C)n2)CCCC1. The molecule has 1 aliphatic rings. The van der Waals surface area contributed by atoms with Crippen molar-refractivity contribution in [3.63, 3.8) is 0 Å². The van der Waals surface area contributed by atoms with Crippen molar-refractivity contribution in [2.75, 3.05) is 6.61 Å². The van der Waals surface area contributed by atoms with Crippen LogP contribution in [-0.4, -0.2) is 21.7 Å². The van der Waals surface area contributed by atoms with Crippen LogP contribution in [0.1, 0.15) is 62.7 Å². The maximum Gasteiger partial charge on any atom is 0.160 e. The van der Waals surface area contributed by atoms with Crippen molar-refractivity contribution >= 4 is 0 Å². The first-order valence-corrected chi connectivity index (χ1v) is 6.75. The second-order valence-electron chi connectivity index (χ2n) is 5.04. The number of aromatic nitrogens is 2. The Morgan fingerprint density at radius 3 is 2.61 bits per heavy atom. The Kier molecular flexibility index (Phi) is 3.97. The molecule has 100 valence electrons. The molecule has 2 rings (SSSR count). The number of hydrogen-bond donors (Lipinski definition) is 1. The van der Waals surface area contributed by atoms with E-state index in [1.54, 1.807) is 13.1 Å². The minimum atomic E-state index is -0.523. The average Bonchev–Trinajstić information content (AvgIpc) is 2.78. The first-order chi connectivity index (χ1) is 8.59. The Hall–Kier alpha value is -1.00. The van der Waals surface area contributed by atoms with Crippen LogP contribution in [0, 0.1) is 6.92 Å². The summed E-state index contributed by atoms with van der Waals surface area (Å²) >= 11 is 0. The molecule has 1 aromatic heterocycles. The van der Waals surface area contributed by atoms with Gasteiger partial charge in [0.25, 0.3) is 0 Å². The summed E-state index contributed by atoms with van der Waals surface area (Å²) in [6.07, 6.45) is 5.54. The molecule has 18 heavy (non-hydrogen) atoms. The summed E-state index contributed by atoms with van der Waals surface area (Å²) in [7, 11) is 0. The third-order valence-corrected chi connectivity index (χ3v) is 3.71. The number of aliphatic hydroxyl groups is 1. The summed E-state index contributed by atoms with van der Waals surface area (Å²) in [5.74, 6) is 0.781. The van der Waals surface area contributed by atoms with Gasteiger partial charge in [0.15, 0.2) is 5.82 Å². The minimum absolute atomic E-state index is 0.295. The van der Waals surface area contributed by atoms with Crippen molar-refractivity contribution in [1.29, 1.82) is 0 Å². The van der Waals surface area contributed by atoms with Gasteiger partial charge in [-0.25, -0.2) is 9.97 Å². The Morgan fingerprint density at radius 1 is 1.44 bits per heavy atom. The third kappa shape index (κ3) is 2.40. The molecule has 0 aromatic carbocycles. The van der Waals surface area contributed by atoms with Gasteiger partial charge in [-0.1, -0.05) is 0 Å². The summed E-state index contributed by atoms with van der Waals surface area (Å²) < 4.78 is 5.94. The van der Waals surface area contributed by atoms with Crippen LogP contribution in [0.2, 0.25) is 0 Å². The van der Waals surface area contributed by atoms with E-state index in [1.165, 1.54) is 12.8 Å². The lowest BCUT2D eigenvalue weighted by Gasteiger charge is -2.27. The fourth-order valence-corrected chi connectivity index (χ4v) is 2.76. The Morgan fingerprint density at radius 2 is 2.11 bits per heavy atom. The Labute approximate surface area is 108 Å². The Balaban J connectivity index is 2.34. The number of rotatable bonds is 4. The fraction of sp³-hybridized carbons (Fsp3) is 0.714. The van der Waals surface area contributed by atoms with Crippen molar-refractivity contribution in [2.45, 2.75) is 58.2 Å². The lowest BCUT2D eigenvalue weighted by Crippen LogP contribution is -2.29. The monoisotopic (exact) mass is 250 g/mol. The molecule has 0 radical (unpaired) electrons. The van der Waals surface area contributed by atoms with Crippen LogP contribution in [0.15, 0.2) is 6.20 Å². The molecule has 0 bridgehead atoms. The molecular formula is C14H22N2O2. The molecular weight excluding hydrogens is 228 g/mol. The van der Waals surface area contributed by atoms with E-state index in [0.717, 1.165) is 29.9 Å². The number of nitrogens with zero attached hydrogens (tertiary/aromatic N) is 2. The maximum absolute atomic E-state index is 9.62. The highest BCUT2D eigenvalue weighted by Crippen LogP contribution is 2.40. The zero-order valence-corrected chi connectivity index (χ0v) is 11.4. The molecule has 4 nitrogen and oxygen atoms in total. The highest BCUT2D eigenvalue weighted by atomic mass is 16.5. The molecule has 1 N–H and O–H groups in total. The predicted molar refractivity (Wildman–Crippen MR) is 69.2 cm³/mol. The molecule has 0 saturated heterocycles. The van der Waals surface area contributed by atoms with Gasteiger partial charge < -0.3 is 9.84 Å². The summed E-state index contributed by atoms with van der Waals surface area (Å²) in [6.45, 7) is 6.35. The van der Waals surface area contributed by atoms with Gasteiger partial charge in [0.2, 0.25) is 0 Å². The molecule has 1 heterocycles. The Bertz CT molecular complexity index is 412. The largest absolute Gasteiger partial charge is 0.389 e. The minimum Gasteiger partial charge on any atom is -0.389 e. The second kappa shape index (κ2) is 5.33. The van der Waals surface area contributed by atoms with E-state index in [2.05, 4.69) is 9.97 Å². The van der Waals surface area contributed by atoms with Gasteiger partial charge in [-0.15, -0.1) is 0 Å². The number of ether oxygens (including phenoxy) is 1. The molecule has 0 unspecified atom stereocenters. The molecule has 1 fully saturated rings. The average molecular weight is 250 g/mol. The van der Waals surface area contributed by atoms with E-state index in [1.807, 2.05) is 13.8 Å².